The molecular formula is C23H23F2N7O3. The van der Waals surface area contributed by atoms with Gasteiger partial charge in [0.25, 0.3) is 11.8 Å². The number of methoxy groups -OCH3 is 1. The van der Waals surface area contributed by atoms with Crippen LogP contribution in [0.15, 0.2) is 28.8 Å². The zero-order valence-corrected chi connectivity index (χ0v) is 19.2. The minimum atomic E-state index is -2.51. The molecular weight excluding hydrogens is 460 g/mol. The summed E-state index contributed by atoms with van der Waals surface area (Å²) in [5.41, 5.74) is 3.78. The maximum Gasteiger partial charge on any atom is 0.275 e. The molecule has 1 saturated carbocycles. The lowest BCUT2D eigenvalue weighted by atomic mass is 9.85. The van der Waals surface area contributed by atoms with Crippen molar-refractivity contribution in [3.05, 3.63) is 47.0 Å². The highest BCUT2D eigenvalue weighted by Gasteiger charge is 2.48. The Morgan fingerprint density at radius 2 is 2.06 bits per heavy atom. The van der Waals surface area contributed by atoms with Gasteiger partial charge in [0, 0.05) is 56.2 Å². The zero-order valence-electron chi connectivity index (χ0n) is 19.2. The molecule has 4 aromatic heterocycles. The van der Waals surface area contributed by atoms with Crippen LogP contribution in [0.2, 0.25) is 0 Å². The summed E-state index contributed by atoms with van der Waals surface area (Å²) in [6, 6.07) is 7.29. The van der Waals surface area contributed by atoms with E-state index in [0.717, 1.165) is 29.9 Å². The first-order chi connectivity index (χ1) is 16.9. The van der Waals surface area contributed by atoms with Crippen LogP contribution in [0.4, 0.5) is 8.78 Å². The summed E-state index contributed by atoms with van der Waals surface area (Å²) in [4.78, 5) is 6.88. The number of aryl methyl sites for hydroxylation is 1. The van der Waals surface area contributed by atoms with Crippen molar-refractivity contribution in [3.63, 3.8) is 0 Å². The minimum absolute atomic E-state index is 0.0432. The number of halogens is 2. The van der Waals surface area contributed by atoms with E-state index in [-0.39, 0.29) is 31.4 Å². The van der Waals surface area contributed by atoms with E-state index in [1.165, 1.54) is 11.6 Å². The highest BCUT2D eigenvalue weighted by Crippen LogP contribution is 2.41. The highest BCUT2D eigenvalue weighted by atomic mass is 19.3. The summed E-state index contributed by atoms with van der Waals surface area (Å²) in [7, 11) is 1.53. The van der Waals surface area contributed by atoms with Crippen LogP contribution in [0, 0.1) is 6.92 Å². The second-order valence-corrected chi connectivity index (χ2v) is 8.97. The number of ether oxygens (including phenoxy) is 2. The van der Waals surface area contributed by atoms with Gasteiger partial charge in [0.2, 0.25) is 5.82 Å². The predicted octanol–water partition coefficient (Wildman–Crippen LogP) is 3.23. The fourth-order valence-corrected chi connectivity index (χ4v) is 4.58. The molecule has 4 aromatic rings. The van der Waals surface area contributed by atoms with Crippen LogP contribution < -0.4 is 9.47 Å². The van der Waals surface area contributed by atoms with Crippen molar-refractivity contribution in [2.24, 2.45) is 0 Å². The number of hydrogen-bond acceptors (Lipinski definition) is 9. The largest absolute Gasteiger partial charge is 0.491 e. The van der Waals surface area contributed by atoms with Gasteiger partial charge in [-0.3, -0.25) is 9.88 Å². The number of pyridine rings is 1. The van der Waals surface area contributed by atoms with Gasteiger partial charge in [0.1, 0.15) is 12.4 Å². The zero-order chi connectivity index (χ0) is 24.2. The summed E-state index contributed by atoms with van der Waals surface area (Å²) in [6.45, 7) is 3.35. The molecule has 1 aliphatic carbocycles. The van der Waals surface area contributed by atoms with Crippen molar-refractivity contribution in [3.8, 4) is 23.1 Å². The molecule has 1 aliphatic heterocycles. The summed E-state index contributed by atoms with van der Waals surface area (Å²) < 4.78 is 44.6. The molecule has 1 fully saturated rings. The molecule has 0 atom stereocenters. The lowest BCUT2D eigenvalue weighted by molar-refractivity contribution is -0.127. The highest BCUT2D eigenvalue weighted by molar-refractivity contribution is 5.56. The fourth-order valence-electron chi connectivity index (χ4n) is 4.58. The van der Waals surface area contributed by atoms with Crippen LogP contribution in [0.1, 0.15) is 35.6 Å². The monoisotopic (exact) mass is 483 g/mol. The van der Waals surface area contributed by atoms with Gasteiger partial charge in [-0.15, -0.1) is 15.3 Å². The molecule has 5 heterocycles. The van der Waals surface area contributed by atoms with Crippen LogP contribution >= 0.6 is 0 Å². The molecule has 182 valence electrons. The molecule has 12 heteroatoms. The maximum absolute atomic E-state index is 13.3. The third-order valence-corrected chi connectivity index (χ3v) is 6.48. The number of aromatic nitrogens is 6. The van der Waals surface area contributed by atoms with Gasteiger partial charge < -0.3 is 14.0 Å². The van der Waals surface area contributed by atoms with E-state index in [1.807, 2.05) is 12.1 Å². The molecule has 0 radical (unpaired) electrons. The topological polar surface area (TPSA) is 104 Å². The second-order valence-electron chi connectivity index (χ2n) is 8.97. The SMILES string of the molecule is COc1cc2nnc(-c3cc(C)on3)n2nc1OCc1ccc2c(n1)CCN(C1CC(F)(F)C1)C2. The van der Waals surface area contributed by atoms with E-state index < -0.39 is 5.92 Å². The van der Waals surface area contributed by atoms with Gasteiger partial charge in [-0.2, -0.15) is 4.52 Å². The Hall–Kier alpha value is -3.67. The normalized spacial score (nSPS) is 17.8. The third kappa shape index (κ3) is 4.07. The summed E-state index contributed by atoms with van der Waals surface area (Å²) in [6.07, 6.45) is 0.622. The summed E-state index contributed by atoms with van der Waals surface area (Å²) in [5.74, 6) is -0.764. The van der Waals surface area contributed by atoms with E-state index >= 15 is 0 Å². The molecule has 2 aliphatic rings. The smallest absolute Gasteiger partial charge is 0.275 e. The number of rotatable bonds is 6. The van der Waals surface area contributed by atoms with Crippen molar-refractivity contribution in [1.29, 1.82) is 0 Å². The summed E-state index contributed by atoms with van der Waals surface area (Å²) >= 11 is 0. The first kappa shape index (κ1) is 21.8. The number of nitrogens with zero attached hydrogens (tertiary/aromatic N) is 7. The van der Waals surface area contributed by atoms with E-state index in [2.05, 4.69) is 25.4 Å². The number of hydrogen-bond donors (Lipinski definition) is 0. The van der Waals surface area contributed by atoms with Crippen LogP contribution in [0.25, 0.3) is 17.2 Å². The molecule has 0 bridgehead atoms. The van der Waals surface area contributed by atoms with Crippen LogP contribution in [-0.2, 0) is 19.6 Å². The Labute approximate surface area is 198 Å². The van der Waals surface area contributed by atoms with Crippen molar-refractivity contribution in [2.75, 3.05) is 13.7 Å². The minimum Gasteiger partial charge on any atom is -0.491 e. The molecule has 6 rings (SSSR count). The molecule has 35 heavy (non-hydrogen) atoms. The van der Waals surface area contributed by atoms with Crippen LogP contribution in [0.5, 0.6) is 11.6 Å². The first-order valence-corrected chi connectivity index (χ1v) is 11.3. The Balaban J connectivity index is 1.19. The van der Waals surface area contributed by atoms with Gasteiger partial charge >= 0.3 is 0 Å². The molecule has 10 nitrogen and oxygen atoms in total. The average Bonchev–Trinajstić information content (AvgIpc) is 3.45. The standard InChI is InChI=1S/C23H23F2N7O3/c1-13-7-18(30-35-13)21-28-27-20-8-19(33-2)22(29-32(20)21)34-12-15-4-3-14-11-31(6-5-17(14)26-15)16-9-23(24,25)10-16/h3-4,7-8,16H,5-6,9-12H2,1-2H3. The van der Waals surface area contributed by atoms with E-state index in [9.17, 15) is 8.78 Å². The van der Waals surface area contributed by atoms with Crippen LogP contribution in [-0.4, -0.2) is 60.5 Å². The molecule has 0 amide bonds. The van der Waals surface area contributed by atoms with Gasteiger partial charge in [0.05, 0.1) is 12.8 Å². The van der Waals surface area contributed by atoms with Crippen LogP contribution in [0.3, 0.4) is 0 Å². The predicted molar refractivity (Wildman–Crippen MR) is 118 cm³/mol. The molecule has 0 spiro atoms. The van der Waals surface area contributed by atoms with E-state index in [0.29, 0.717) is 35.2 Å². The van der Waals surface area contributed by atoms with E-state index in [4.69, 9.17) is 19.0 Å². The third-order valence-electron chi connectivity index (χ3n) is 6.48. The fraction of sp³-hybridized carbons (Fsp3) is 0.435. The van der Waals surface area contributed by atoms with Gasteiger partial charge in [-0.25, -0.2) is 8.78 Å². The average molecular weight is 483 g/mol. The molecule has 0 aromatic carbocycles. The van der Waals surface area contributed by atoms with Crippen molar-refractivity contribution in [2.45, 2.75) is 51.3 Å². The number of alkyl halides is 2. The Bertz CT molecular complexity index is 1400. The maximum atomic E-state index is 13.3. The Morgan fingerprint density at radius 3 is 2.80 bits per heavy atom. The Kier molecular flexibility index (Phi) is 5.13. The number of fused-ring (bicyclic) bond motifs is 2. The van der Waals surface area contributed by atoms with Gasteiger partial charge in [0.15, 0.2) is 17.1 Å². The van der Waals surface area contributed by atoms with Gasteiger partial charge in [-0.1, -0.05) is 11.2 Å². The molecule has 0 unspecified atom stereocenters. The lowest BCUT2D eigenvalue weighted by Gasteiger charge is -2.44. The van der Waals surface area contributed by atoms with Gasteiger partial charge in [-0.05, 0) is 18.6 Å². The molecule has 0 N–H and O–H groups in total. The lowest BCUT2D eigenvalue weighted by Crippen LogP contribution is -2.52. The van der Waals surface area contributed by atoms with Crippen molar-refractivity contribution < 1.29 is 22.8 Å². The quantitative estimate of drug-likeness (QED) is 0.409. The van der Waals surface area contributed by atoms with Crippen molar-refractivity contribution >= 4 is 5.65 Å². The molecule has 0 saturated heterocycles. The van der Waals surface area contributed by atoms with E-state index in [1.54, 1.807) is 19.1 Å². The Morgan fingerprint density at radius 1 is 1.20 bits per heavy atom. The summed E-state index contributed by atoms with van der Waals surface area (Å²) in [5, 5.41) is 16.8. The van der Waals surface area contributed by atoms with Crippen molar-refractivity contribution in [1.82, 2.24) is 34.9 Å². The second kappa shape index (κ2) is 8.22. The first-order valence-electron chi connectivity index (χ1n) is 11.3.